The predicted molar refractivity (Wildman–Crippen MR) is 163 cm³/mol. The number of aromatic nitrogens is 4. The first-order chi connectivity index (χ1) is 19.4. The van der Waals surface area contributed by atoms with Crippen molar-refractivity contribution in [3.63, 3.8) is 0 Å². The molecule has 4 aromatic rings. The summed E-state index contributed by atoms with van der Waals surface area (Å²) in [7, 11) is 0. The second-order valence-electron chi connectivity index (χ2n) is 9.25. The number of nitrogens with one attached hydrogen (secondary N) is 2. The Morgan fingerprint density at radius 2 is 1.35 bits per heavy atom. The Kier molecular flexibility index (Phi) is 10.6. The first kappa shape index (κ1) is 30.1. The van der Waals surface area contributed by atoms with E-state index in [2.05, 4.69) is 31.0 Å². The van der Waals surface area contributed by atoms with Gasteiger partial charge in [-0.1, -0.05) is 97.2 Å². The lowest BCUT2D eigenvalue weighted by Gasteiger charge is -2.27. The average Bonchev–Trinajstić information content (AvgIpc) is 3.65. The number of hydrogen-bond acceptors (Lipinski definition) is 11. The fourth-order valence-electron chi connectivity index (χ4n) is 4.06. The van der Waals surface area contributed by atoms with Crippen LogP contribution in [0.2, 0.25) is 0 Å². The highest BCUT2D eigenvalue weighted by molar-refractivity contribution is 7.99. The van der Waals surface area contributed by atoms with Crippen molar-refractivity contribution in [1.82, 2.24) is 20.4 Å². The summed E-state index contributed by atoms with van der Waals surface area (Å²) in [6.07, 6.45) is 2.36. The van der Waals surface area contributed by atoms with Crippen LogP contribution in [0.15, 0.2) is 60.7 Å². The highest BCUT2D eigenvalue weighted by Crippen LogP contribution is 2.28. The lowest BCUT2D eigenvalue weighted by Crippen LogP contribution is -2.39. The summed E-state index contributed by atoms with van der Waals surface area (Å²) in [6, 6.07) is 18.6. The van der Waals surface area contributed by atoms with Crippen LogP contribution in [-0.4, -0.2) is 54.6 Å². The quantitative estimate of drug-likeness (QED) is 0.142. The Morgan fingerprint density at radius 1 is 0.800 bits per heavy atom. The van der Waals surface area contributed by atoms with E-state index in [1.165, 1.54) is 22.7 Å². The van der Waals surface area contributed by atoms with Gasteiger partial charge in [0.15, 0.2) is 5.60 Å². The number of anilines is 2. The van der Waals surface area contributed by atoms with Gasteiger partial charge in [0, 0.05) is 12.8 Å². The summed E-state index contributed by atoms with van der Waals surface area (Å²) in [5.74, 6) is 1.24. The van der Waals surface area contributed by atoms with Crippen molar-refractivity contribution in [3.8, 4) is 0 Å². The lowest BCUT2D eigenvalue weighted by atomic mass is 9.90. The molecule has 1 amide bonds. The molecule has 4 rings (SSSR count). The van der Waals surface area contributed by atoms with E-state index < -0.39 is 17.1 Å². The first-order valence-electron chi connectivity index (χ1n) is 13.2. The van der Waals surface area contributed by atoms with Crippen LogP contribution in [0, 0.1) is 0 Å². The first-order valence-corrected chi connectivity index (χ1v) is 16.0. The Balaban J connectivity index is 1.18. The highest BCUT2D eigenvalue weighted by atomic mass is 32.2. The van der Waals surface area contributed by atoms with Crippen LogP contribution in [0.4, 0.5) is 10.3 Å². The fourth-order valence-corrected chi connectivity index (χ4v) is 6.67. The van der Waals surface area contributed by atoms with E-state index >= 15 is 0 Å². The van der Waals surface area contributed by atoms with E-state index in [1.807, 2.05) is 43.3 Å². The summed E-state index contributed by atoms with van der Waals surface area (Å²) in [4.78, 5) is 12.8. The molecule has 0 saturated heterocycles. The molecule has 0 aliphatic heterocycles. The van der Waals surface area contributed by atoms with E-state index in [-0.39, 0.29) is 6.42 Å². The van der Waals surface area contributed by atoms with E-state index in [0.717, 1.165) is 39.9 Å². The minimum Gasteiger partial charge on any atom is -0.383 e. The SMILES string of the molecule is CC[C@](O)(CNc1nnc(CCSCCc2nnc(NC(=O)[C@@](O)(CC)c3ccccc3)s2)s1)c1ccccc1. The smallest absolute Gasteiger partial charge is 0.262 e. The number of hydrogen-bond donors (Lipinski definition) is 4. The maximum absolute atomic E-state index is 12.8. The van der Waals surface area contributed by atoms with Crippen LogP contribution < -0.4 is 10.6 Å². The number of thioether (sulfide) groups is 1. The molecule has 0 radical (unpaired) electrons. The van der Waals surface area contributed by atoms with E-state index in [0.29, 0.717) is 28.8 Å². The van der Waals surface area contributed by atoms with Crippen LogP contribution >= 0.6 is 34.4 Å². The van der Waals surface area contributed by atoms with Crippen molar-refractivity contribution in [3.05, 3.63) is 81.8 Å². The number of aryl methyl sites for hydroxylation is 2. The van der Waals surface area contributed by atoms with Gasteiger partial charge in [0.1, 0.15) is 15.6 Å². The molecular weight excluding hydrogens is 565 g/mol. The highest BCUT2D eigenvalue weighted by Gasteiger charge is 2.36. The summed E-state index contributed by atoms with van der Waals surface area (Å²) in [5, 5.41) is 47.6. The molecule has 0 bridgehead atoms. The monoisotopic (exact) mass is 598 g/mol. The standard InChI is InChI=1S/C28H34N6O3S3/c1-3-27(36,20-11-7-5-8-12-20)19-29-25-33-31-22(39-25)15-17-38-18-16-23-32-34-26(40-23)30-24(35)28(37,4-2)21-13-9-6-10-14-21/h5-14,36-37H,3-4,15-19H2,1-2H3,(H,29,33)(H,30,34,35)/t27-,28+/m0/s1. The molecule has 0 aliphatic carbocycles. The molecule has 2 heterocycles. The van der Waals surface area contributed by atoms with Crippen molar-refractivity contribution in [2.75, 3.05) is 28.7 Å². The minimum atomic E-state index is -1.62. The van der Waals surface area contributed by atoms with Crippen molar-refractivity contribution >= 4 is 50.6 Å². The van der Waals surface area contributed by atoms with Gasteiger partial charge in [0.2, 0.25) is 10.3 Å². The maximum Gasteiger partial charge on any atom is 0.262 e. The Morgan fingerprint density at radius 3 is 1.93 bits per heavy atom. The topological polar surface area (TPSA) is 133 Å². The molecular formula is C28H34N6O3S3. The summed E-state index contributed by atoms with van der Waals surface area (Å²) in [6.45, 7) is 4.10. The molecule has 2 aromatic carbocycles. The van der Waals surface area contributed by atoms with Gasteiger partial charge in [-0.3, -0.25) is 10.1 Å². The van der Waals surface area contributed by atoms with Crippen molar-refractivity contribution in [2.24, 2.45) is 0 Å². The van der Waals surface area contributed by atoms with Gasteiger partial charge >= 0.3 is 0 Å². The largest absolute Gasteiger partial charge is 0.383 e. The number of carbonyl (C=O) groups excluding carboxylic acids is 1. The van der Waals surface area contributed by atoms with Crippen molar-refractivity contribution < 1.29 is 15.0 Å². The van der Waals surface area contributed by atoms with Crippen LogP contribution in [0.5, 0.6) is 0 Å². The molecule has 0 aliphatic rings. The molecule has 2 aromatic heterocycles. The molecule has 4 N–H and O–H groups in total. The molecule has 0 fully saturated rings. The third-order valence-corrected chi connectivity index (χ3v) is 9.47. The molecule has 0 spiro atoms. The zero-order valence-corrected chi connectivity index (χ0v) is 25.0. The number of nitrogens with zero attached hydrogens (tertiary/aromatic N) is 4. The van der Waals surface area contributed by atoms with Crippen LogP contribution in [-0.2, 0) is 28.8 Å². The number of carbonyl (C=O) groups is 1. The number of rotatable bonds is 15. The summed E-state index contributed by atoms with van der Waals surface area (Å²) < 4.78 is 0. The second-order valence-corrected chi connectivity index (χ2v) is 12.6. The molecule has 0 saturated carbocycles. The number of aliphatic hydroxyl groups is 2. The van der Waals surface area contributed by atoms with Crippen LogP contribution in [0.25, 0.3) is 0 Å². The summed E-state index contributed by atoms with van der Waals surface area (Å²) >= 11 is 4.62. The van der Waals surface area contributed by atoms with Crippen LogP contribution in [0.1, 0.15) is 47.8 Å². The molecule has 9 nitrogen and oxygen atoms in total. The fraction of sp³-hybridized carbons (Fsp3) is 0.393. The van der Waals surface area contributed by atoms with Crippen LogP contribution in [0.3, 0.4) is 0 Å². The molecule has 0 unspecified atom stereocenters. The van der Waals surface area contributed by atoms with E-state index in [1.54, 1.807) is 43.0 Å². The Labute approximate surface area is 246 Å². The third kappa shape index (κ3) is 7.64. The zero-order valence-electron chi connectivity index (χ0n) is 22.5. The average molecular weight is 599 g/mol. The van der Waals surface area contributed by atoms with Gasteiger partial charge in [0.05, 0.1) is 6.54 Å². The summed E-state index contributed by atoms with van der Waals surface area (Å²) in [5.41, 5.74) is -1.16. The third-order valence-electron chi connectivity index (χ3n) is 6.64. The maximum atomic E-state index is 12.8. The molecule has 212 valence electrons. The van der Waals surface area contributed by atoms with Crippen molar-refractivity contribution in [1.29, 1.82) is 0 Å². The van der Waals surface area contributed by atoms with Gasteiger partial charge in [-0.2, -0.15) is 11.8 Å². The Bertz CT molecular complexity index is 1350. The number of benzene rings is 2. The molecule has 12 heteroatoms. The van der Waals surface area contributed by atoms with Gasteiger partial charge < -0.3 is 15.5 Å². The second kappa shape index (κ2) is 14.1. The van der Waals surface area contributed by atoms with Gasteiger partial charge in [-0.05, 0) is 35.5 Å². The van der Waals surface area contributed by atoms with E-state index in [9.17, 15) is 15.0 Å². The normalized spacial score (nSPS) is 14.3. The molecule has 2 atom stereocenters. The van der Waals surface area contributed by atoms with Gasteiger partial charge in [0.25, 0.3) is 5.91 Å². The number of amides is 1. The van der Waals surface area contributed by atoms with Crippen molar-refractivity contribution in [2.45, 2.75) is 50.7 Å². The van der Waals surface area contributed by atoms with Gasteiger partial charge in [-0.25, -0.2) is 0 Å². The minimum absolute atomic E-state index is 0.242. The van der Waals surface area contributed by atoms with E-state index in [4.69, 9.17) is 0 Å². The molecule has 40 heavy (non-hydrogen) atoms. The predicted octanol–water partition coefficient (Wildman–Crippen LogP) is 4.85. The lowest BCUT2D eigenvalue weighted by molar-refractivity contribution is -0.135. The zero-order chi connectivity index (χ0) is 28.4. The Hall–Kier alpha value is -2.90. The van der Waals surface area contributed by atoms with Gasteiger partial charge in [-0.15, -0.1) is 20.4 Å².